The van der Waals surface area contributed by atoms with E-state index in [2.05, 4.69) is 22.0 Å². The molecule has 0 aliphatic heterocycles. The van der Waals surface area contributed by atoms with Crippen molar-refractivity contribution in [2.75, 3.05) is 0 Å². The Morgan fingerprint density at radius 3 is 2.80 bits per heavy atom. The van der Waals surface area contributed by atoms with E-state index < -0.39 is 0 Å². The number of hydrogen-bond acceptors (Lipinski definition) is 2. The van der Waals surface area contributed by atoms with Crippen LogP contribution in [-0.4, -0.2) is 4.57 Å². The van der Waals surface area contributed by atoms with Gasteiger partial charge in [-0.25, -0.2) is 0 Å². The monoisotopic (exact) mass is 268 g/mol. The predicted octanol–water partition coefficient (Wildman–Crippen LogP) is 2.55. The maximum absolute atomic E-state index is 11.4. The summed E-state index contributed by atoms with van der Waals surface area (Å²) in [6, 6.07) is 5.45. The summed E-state index contributed by atoms with van der Waals surface area (Å²) in [6.07, 6.45) is 2.41. The van der Waals surface area contributed by atoms with Crippen LogP contribution in [0, 0.1) is 16.7 Å². The molecule has 3 nitrogen and oxygen atoms in total. The van der Waals surface area contributed by atoms with Gasteiger partial charge in [0.15, 0.2) is 0 Å². The summed E-state index contributed by atoms with van der Waals surface area (Å²) >= 11 is 3.31. The van der Waals surface area contributed by atoms with E-state index >= 15 is 0 Å². The quantitative estimate of drug-likeness (QED) is 0.846. The summed E-state index contributed by atoms with van der Waals surface area (Å²) < 4.78 is 2.49. The predicted molar refractivity (Wildman–Crippen MR) is 62.4 cm³/mol. The number of halogens is 1. The number of rotatable bonds is 3. The molecule has 0 bridgehead atoms. The second kappa shape index (κ2) is 4.63. The van der Waals surface area contributed by atoms with Gasteiger partial charge in [0.1, 0.15) is 0 Å². The third kappa shape index (κ3) is 3.52. The smallest absolute Gasteiger partial charge is 0.250 e. The van der Waals surface area contributed by atoms with Crippen LogP contribution in [0.2, 0.25) is 0 Å². The minimum absolute atomic E-state index is 0.0352. The molecular formula is C11H13BrN2O. The van der Waals surface area contributed by atoms with E-state index in [-0.39, 0.29) is 11.0 Å². The van der Waals surface area contributed by atoms with Crippen molar-refractivity contribution in [1.29, 1.82) is 5.26 Å². The lowest BCUT2D eigenvalue weighted by Crippen LogP contribution is -2.21. The van der Waals surface area contributed by atoms with Crippen molar-refractivity contribution < 1.29 is 0 Å². The highest BCUT2D eigenvalue weighted by molar-refractivity contribution is 9.10. The molecule has 80 valence electrons. The highest BCUT2D eigenvalue weighted by Crippen LogP contribution is 2.19. The van der Waals surface area contributed by atoms with E-state index in [4.69, 9.17) is 5.26 Å². The second-order valence-electron chi connectivity index (χ2n) is 4.12. The van der Waals surface area contributed by atoms with Gasteiger partial charge < -0.3 is 4.57 Å². The van der Waals surface area contributed by atoms with Crippen LogP contribution in [0.4, 0.5) is 0 Å². The van der Waals surface area contributed by atoms with Gasteiger partial charge in [-0.2, -0.15) is 5.26 Å². The van der Waals surface area contributed by atoms with Crippen molar-refractivity contribution in [2.45, 2.75) is 26.8 Å². The zero-order chi connectivity index (χ0) is 11.5. The molecular weight excluding hydrogens is 256 g/mol. The van der Waals surface area contributed by atoms with Crippen molar-refractivity contribution in [3.63, 3.8) is 0 Å². The molecule has 0 saturated heterocycles. The van der Waals surface area contributed by atoms with Gasteiger partial charge in [0.05, 0.1) is 11.5 Å². The second-order valence-corrected chi connectivity index (χ2v) is 5.04. The van der Waals surface area contributed by atoms with Crippen LogP contribution >= 0.6 is 15.9 Å². The molecule has 1 aromatic heterocycles. The topological polar surface area (TPSA) is 45.8 Å². The normalized spacial score (nSPS) is 11.1. The van der Waals surface area contributed by atoms with Crippen molar-refractivity contribution in [3.05, 3.63) is 33.2 Å². The summed E-state index contributed by atoms with van der Waals surface area (Å²) in [5, 5.41) is 8.85. The third-order valence-electron chi connectivity index (χ3n) is 2.23. The Balaban J connectivity index is 2.79. The molecule has 0 aliphatic carbocycles. The van der Waals surface area contributed by atoms with E-state index in [1.54, 1.807) is 16.8 Å². The Morgan fingerprint density at radius 1 is 1.53 bits per heavy atom. The molecule has 0 aliphatic rings. The van der Waals surface area contributed by atoms with Crippen LogP contribution in [-0.2, 0) is 6.54 Å². The highest BCUT2D eigenvalue weighted by atomic mass is 79.9. The molecule has 0 aromatic carbocycles. The maximum atomic E-state index is 11.4. The Hall–Kier alpha value is -1.08. The summed E-state index contributed by atoms with van der Waals surface area (Å²) in [4.78, 5) is 11.4. The standard InChI is InChI=1S/C11H13BrN2O/c1-11(2,8-13)5-6-14-7-9(12)3-4-10(14)15/h3-4,7H,5-6H2,1-2H3. The van der Waals surface area contributed by atoms with Crippen molar-refractivity contribution in [1.82, 2.24) is 4.57 Å². The fourth-order valence-electron chi connectivity index (χ4n) is 1.13. The largest absolute Gasteiger partial charge is 0.314 e. The van der Waals surface area contributed by atoms with Crippen LogP contribution in [0.3, 0.4) is 0 Å². The van der Waals surface area contributed by atoms with Crippen LogP contribution in [0.1, 0.15) is 20.3 Å². The first kappa shape index (κ1) is 12.0. The Labute approximate surface area is 97.5 Å². The van der Waals surface area contributed by atoms with Crippen LogP contribution in [0.25, 0.3) is 0 Å². The fraction of sp³-hybridized carbons (Fsp3) is 0.455. The summed E-state index contributed by atoms with van der Waals surface area (Å²) in [5.74, 6) is 0. The van der Waals surface area contributed by atoms with Gasteiger partial charge >= 0.3 is 0 Å². The van der Waals surface area contributed by atoms with E-state index in [1.165, 1.54) is 6.07 Å². The number of aryl methyl sites for hydroxylation is 1. The van der Waals surface area contributed by atoms with Gasteiger partial charge in [-0.1, -0.05) is 0 Å². The highest BCUT2D eigenvalue weighted by Gasteiger charge is 2.16. The molecule has 0 radical (unpaired) electrons. The zero-order valence-corrected chi connectivity index (χ0v) is 10.4. The van der Waals surface area contributed by atoms with Crippen molar-refractivity contribution >= 4 is 15.9 Å². The Kier molecular flexibility index (Phi) is 3.70. The number of hydrogen-bond donors (Lipinski definition) is 0. The molecule has 15 heavy (non-hydrogen) atoms. The molecule has 0 fully saturated rings. The Bertz CT molecular complexity index is 443. The number of aromatic nitrogens is 1. The number of pyridine rings is 1. The molecule has 0 N–H and O–H groups in total. The van der Waals surface area contributed by atoms with Crippen LogP contribution in [0.5, 0.6) is 0 Å². The van der Waals surface area contributed by atoms with Gasteiger partial charge in [0, 0.05) is 23.3 Å². The first-order valence-electron chi connectivity index (χ1n) is 4.72. The third-order valence-corrected chi connectivity index (χ3v) is 2.70. The molecule has 1 aromatic rings. The van der Waals surface area contributed by atoms with Gasteiger partial charge in [0.2, 0.25) is 0 Å². The molecule has 1 rings (SSSR count). The minimum Gasteiger partial charge on any atom is -0.314 e. The SMILES string of the molecule is CC(C)(C#N)CCn1cc(Br)ccc1=O. The maximum Gasteiger partial charge on any atom is 0.250 e. The number of nitrogens with zero attached hydrogens (tertiary/aromatic N) is 2. The number of nitriles is 1. The van der Waals surface area contributed by atoms with E-state index in [1.807, 2.05) is 13.8 Å². The first-order valence-corrected chi connectivity index (χ1v) is 5.51. The van der Waals surface area contributed by atoms with Gasteiger partial charge in [0.25, 0.3) is 5.56 Å². The first-order chi connectivity index (χ1) is 6.94. The Morgan fingerprint density at radius 2 is 2.20 bits per heavy atom. The molecule has 0 atom stereocenters. The molecule has 0 spiro atoms. The van der Waals surface area contributed by atoms with E-state index in [9.17, 15) is 4.79 Å². The lowest BCUT2D eigenvalue weighted by molar-refractivity contribution is 0.409. The lowest BCUT2D eigenvalue weighted by Gasteiger charge is -2.15. The molecule has 0 unspecified atom stereocenters. The molecule has 4 heteroatoms. The average molecular weight is 269 g/mol. The lowest BCUT2D eigenvalue weighted by atomic mass is 9.91. The molecule has 1 heterocycles. The van der Waals surface area contributed by atoms with Gasteiger partial charge in [-0.15, -0.1) is 0 Å². The molecule has 0 saturated carbocycles. The summed E-state index contributed by atoms with van der Waals surface area (Å²) in [6.45, 7) is 4.31. The summed E-state index contributed by atoms with van der Waals surface area (Å²) in [7, 11) is 0. The van der Waals surface area contributed by atoms with E-state index in [0.29, 0.717) is 13.0 Å². The average Bonchev–Trinajstić information content (AvgIpc) is 2.20. The van der Waals surface area contributed by atoms with Gasteiger partial charge in [-0.05, 0) is 42.3 Å². The van der Waals surface area contributed by atoms with Gasteiger partial charge in [-0.3, -0.25) is 4.79 Å². The van der Waals surface area contributed by atoms with Crippen LogP contribution < -0.4 is 5.56 Å². The fourth-order valence-corrected chi connectivity index (χ4v) is 1.51. The minimum atomic E-state index is -0.387. The zero-order valence-electron chi connectivity index (χ0n) is 8.83. The van der Waals surface area contributed by atoms with Crippen molar-refractivity contribution in [2.24, 2.45) is 5.41 Å². The molecule has 0 amide bonds. The van der Waals surface area contributed by atoms with Crippen molar-refractivity contribution in [3.8, 4) is 6.07 Å². The summed E-state index contributed by atoms with van der Waals surface area (Å²) in [5.41, 5.74) is -0.422. The van der Waals surface area contributed by atoms with Crippen LogP contribution in [0.15, 0.2) is 27.6 Å². The van der Waals surface area contributed by atoms with E-state index in [0.717, 1.165) is 4.47 Å².